The van der Waals surface area contributed by atoms with E-state index in [-0.39, 0.29) is 12.4 Å². The lowest BCUT2D eigenvalue weighted by Crippen LogP contribution is -2.02. The molecule has 0 fully saturated rings. The van der Waals surface area contributed by atoms with Gasteiger partial charge >= 0.3 is 0 Å². The predicted octanol–water partition coefficient (Wildman–Crippen LogP) is 3.00. The average Bonchev–Trinajstić information content (AvgIpc) is 2.84. The lowest BCUT2D eigenvalue weighted by atomic mass is 10.2. The maximum absolute atomic E-state index is 13.5. The van der Waals surface area contributed by atoms with Gasteiger partial charge in [0.1, 0.15) is 0 Å². The fourth-order valence-corrected chi connectivity index (χ4v) is 2.17. The van der Waals surface area contributed by atoms with Crippen molar-refractivity contribution in [3.05, 3.63) is 52.0 Å². The van der Waals surface area contributed by atoms with Crippen LogP contribution in [-0.4, -0.2) is 11.7 Å². The number of hydrogen-bond donors (Lipinski definition) is 1. The number of aliphatic hydroxyl groups excluding tert-OH is 1. The van der Waals surface area contributed by atoms with E-state index in [2.05, 4.69) is 0 Å². The topological polar surface area (TPSA) is 29.5 Å². The average molecular weight is 252 g/mol. The maximum Gasteiger partial charge on any atom is 0.165 e. The zero-order valence-corrected chi connectivity index (χ0v) is 10.0. The highest BCUT2D eigenvalue weighted by molar-refractivity contribution is 7.09. The van der Waals surface area contributed by atoms with Crippen LogP contribution in [0, 0.1) is 5.82 Å². The molecule has 0 aliphatic carbocycles. The number of benzene rings is 1. The number of ether oxygens (including phenoxy) is 1. The van der Waals surface area contributed by atoms with E-state index in [9.17, 15) is 4.39 Å². The first-order valence-electron chi connectivity index (χ1n) is 5.34. The summed E-state index contributed by atoms with van der Waals surface area (Å²) in [6.45, 7) is 0.294. The number of halogens is 1. The van der Waals surface area contributed by atoms with Crippen LogP contribution in [0.15, 0.2) is 35.7 Å². The van der Waals surface area contributed by atoms with Crippen LogP contribution in [0.3, 0.4) is 0 Å². The van der Waals surface area contributed by atoms with Crippen LogP contribution in [0.1, 0.15) is 10.4 Å². The van der Waals surface area contributed by atoms with Gasteiger partial charge in [0.15, 0.2) is 11.6 Å². The summed E-state index contributed by atoms with van der Waals surface area (Å²) in [5, 5.41) is 10.9. The van der Waals surface area contributed by atoms with E-state index in [4.69, 9.17) is 9.84 Å². The van der Waals surface area contributed by atoms with Crippen LogP contribution >= 0.6 is 11.3 Å². The Labute approximate surface area is 103 Å². The van der Waals surface area contributed by atoms with Gasteiger partial charge in [-0.3, -0.25) is 0 Å². The Bertz CT molecular complexity index is 468. The second kappa shape index (κ2) is 5.80. The summed E-state index contributed by atoms with van der Waals surface area (Å²) in [7, 11) is 0. The summed E-state index contributed by atoms with van der Waals surface area (Å²) in [5.41, 5.74) is 0.549. The van der Waals surface area contributed by atoms with Crippen LogP contribution in [0.5, 0.6) is 5.75 Å². The van der Waals surface area contributed by atoms with Crippen molar-refractivity contribution in [3.63, 3.8) is 0 Å². The number of thiophene rings is 1. The number of aliphatic hydroxyl groups is 1. The molecule has 0 spiro atoms. The van der Waals surface area contributed by atoms with E-state index in [1.165, 1.54) is 10.9 Å². The van der Waals surface area contributed by atoms with Gasteiger partial charge in [0.2, 0.25) is 0 Å². The Hall–Kier alpha value is -1.39. The first-order valence-corrected chi connectivity index (χ1v) is 6.22. The molecule has 2 nitrogen and oxygen atoms in total. The van der Waals surface area contributed by atoms with Gasteiger partial charge in [-0.2, -0.15) is 0 Å². The molecule has 90 valence electrons. The fourth-order valence-electron chi connectivity index (χ4n) is 1.48. The molecule has 4 heteroatoms. The number of rotatable bonds is 5. The zero-order valence-electron chi connectivity index (χ0n) is 9.23. The van der Waals surface area contributed by atoms with Gasteiger partial charge < -0.3 is 9.84 Å². The van der Waals surface area contributed by atoms with Crippen molar-refractivity contribution < 1.29 is 14.2 Å². The van der Waals surface area contributed by atoms with Crippen LogP contribution < -0.4 is 4.74 Å². The second-order valence-corrected chi connectivity index (χ2v) is 4.63. The molecule has 1 aromatic carbocycles. The first kappa shape index (κ1) is 12.1. The van der Waals surface area contributed by atoms with Gasteiger partial charge in [0.25, 0.3) is 0 Å². The lowest BCUT2D eigenvalue weighted by Gasteiger charge is -2.07. The Balaban J connectivity index is 1.90. The molecular formula is C13H13FO2S. The molecule has 0 amide bonds. The Kier molecular flexibility index (Phi) is 4.12. The van der Waals surface area contributed by atoms with Crippen LogP contribution in [0.2, 0.25) is 0 Å². The van der Waals surface area contributed by atoms with Crippen molar-refractivity contribution in [1.82, 2.24) is 0 Å². The summed E-state index contributed by atoms with van der Waals surface area (Å²) in [6.07, 6.45) is 0.777. The van der Waals surface area contributed by atoms with Gasteiger partial charge in [0, 0.05) is 11.3 Å². The maximum atomic E-state index is 13.5. The van der Waals surface area contributed by atoms with Crippen LogP contribution in [-0.2, 0) is 13.0 Å². The summed E-state index contributed by atoms with van der Waals surface area (Å²) >= 11 is 1.66. The van der Waals surface area contributed by atoms with Crippen LogP contribution in [0.25, 0.3) is 0 Å². The van der Waals surface area contributed by atoms with E-state index in [0.29, 0.717) is 12.2 Å². The highest BCUT2D eigenvalue weighted by atomic mass is 32.1. The highest BCUT2D eigenvalue weighted by Gasteiger charge is 2.04. The quantitative estimate of drug-likeness (QED) is 0.886. The van der Waals surface area contributed by atoms with E-state index in [1.54, 1.807) is 23.5 Å². The predicted molar refractivity (Wildman–Crippen MR) is 65.8 cm³/mol. The Morgan fingerprint density at radius 1 is 1.29 bits per heavy atom. The van der Waals surface area contributed by atoms with Crippen molar-refractivity contribution in [2.45, 2.75) is 13.0 Å². The minimum Gasteiger partial charge on any atom is -0.490 e. The largest absolute Gasteiger partial charge is 0.490 e. The van der Waals surface area contributed by atoms with E-state index >= 15 is 0 Å². The third kappa shape index (κ3) is 3.28. The van der Waals surface area contributed by atoms with Gasteiger partial charge in [-0.1, -0.05) is 12.1 Å². The van der Waals surface area contributed by atoms with E-state index in [0.717, 1.165) is 6.42 Å². The third-order valence-electron chi connectivity index (χ3n) is 2.36. The Morgan fingerprint density at radius 2 is 2.18 bits per heavy atom. The molecular weight excluding hydrogens is 239 g/mol. The summed E-state index contributed by atoms with van der Waals surface area (Å²) in [4.78, 5) is 1.22. The lowest BCUT2D eigenvalue weighted by molar-refractivity contribution is 0.279. The first-order chi connectivity index (χ1) is 8.29. The summed E-state index contributed by atoms with van der Waals surface area (Å²) in [6, 6.07) is 8.51. The fraction of sp³-hybridized carbons (Fsp3) is 0.231. The van der Waals surface area contributed by atoms with Crippen molar-refractivity contribution in [1.29, 1.82) is 0 Å². The Morgan fingerprint density at radius 3 is 2.82 bits per heavy atom. The van der Waals surface area contributed by atoms with Crippen molar-refractivity contribution in [2.24, 2.45) is 0 Å². The molecule has 0 saturated heterocycles. The molecule has 0 unspecified atom stereocenters. The molecule has 2 rings (SSSR count). The van der Waals surface area contributed by atoms with Gasteiger partial charge in [-0.05, 0) is 29.1 Å². The minimum absolute atomic E-state index is 0.160. The molecule has 0 saturated carbocycles. The molecule has 0 aliphatic rings. The van der Waals surface area contributed by atoms with Gasteiger partial charge in [-0.15, -0.1) is 11.3 Å². The number of hydrogen-bond acceptors (Lipinski definition) is 3. The summed E-state index contributed by atoms with van der Waals surface area (Å²) in [5.74, 6) is -0.193. The smallest absolute Gasteiger partial charge is 0.165 e. The zero-order chi connectivity index (χ0) is 12.1. The van der Waals surface area contributed by atoms with Crippen molar-refractivity contribution in [2.75, 3.05) is 6.61 Å². The second-order valence-electron chi connectivity index (χ2n) is 3.60. The van der Waals surface area contributed by atoms with Gasteiger partial charge in [-0.25, -0.2) is 4.39 Å². The van der Waals surface area contributed by atoms with Crippen molar-refractivity contribution in [3.8, 4) is 5.75 Å². The minimum atomic E-state index is -0.428. The molecule has 0 bridgehead atoms. The van der Waals surface area contributed by atoms with Crippen molar-refractivity contribution >= 4 is 11.3 Å². The van der Waals surface area contributed by atoms with E-state index in [1.807, 2.05) is 17.5 Å². The van der Waals surface area contributed by atoms with Crippen LogP contribution in [0.4, 0.5) is 4.39 Å². The van der Waals surface area contributed by atoms with E-state index < -0.39 is 5.82 Å². The molecule has 0 radical (unpaired) electrons. The third-order valence-corrected chi connectivity index (χ3v) is 3.30. The molecule has 2 aromatic rings. The molecule has 0 atom stereocenters. The molecule has 1 aromatic heterocycles. The SMILES string of the molecule is OCc1ccc(OCCc2cccs2)c(F)c1. The van der Waals surface area contributed by atoms with Gasteiger partial charge in [0.05, 0.1) is 13.2 Å². The molecule has 0 aliphatic heterocycles. The monoisotopic (exact) mass is 252 g/mol. The summed E-state index contributed by atoms with van der Waals surface area (Å²) < 4.78 is 18.8. The highest BCUT2D eigenvalue weighted by Crippen LogP contribution is 2.19. The molecule has 17 heavy (non-hydrogen) atoms. The molecule has 1 heterocycles. The normalized spacial score (nSPS) is 10.5. The molecule has 1 N–H and O–H groups in total. The standard InChI is InChI=1S/C13H13FO2S/c14-12-8-10(9-15)3-4-13(12)16-6-5-11-2-1-7-17-11/h1-4,7-8,15H,5-6,9H2.